The summed E-state index contributed by atoms with van der Waals surface area (Å²) in [4.78, 5) is 20.7. The summed E-state index contributed by atoms with van der Waals surface area (Å²) in [5.41, 5.74) is 3.25. The van der Waals surface area contributed by atoms with Gasteiger partial charge in [-0.25, -0.2) is 5.43 Å². The summed E-state index contributed by atoms with van der Waals surface area (Å²) in [5.74, 6) is -0.619. The Labute approximate surface area is 96.9 Å². The van der Waals surface area contributed by atoms with Crippen LogP contribution in [0.2, 0.25) is 0 Å². The number of hydrazone groups is 1. The van der Waals surface area contributed by atoms with Gasteiger partial charge >= 0.3 is 0 Å². The fourth-order valence-electron chi connectivity index (χ4n) is 1.07. The molecule has 7 nitrogen and oxygen atoms in total. The number of aliphatic hydroxyl groups is 1. The van der Waals surface area contributed by atoms with Crippen LogP contribution in [-0.2, 0) is 4.79 Å². The molecule has 0 radical (unpaired) electrons. The van der Waals surface area contributed by atoms with Crippen molar-refractivity contribution in [3.8, 4) is 0 Å². The summed E-state index contributed by atoms with van der Waals surface area (Å²) >= 11 is 0. The van der Waals surface area contributed by atoms with Crippen molar-refractivity contribution in [3.05, 3.63) is 39.9 Å². The number of aliphatic hydroxyl groups excluding tert-OH is 1. The van der Waals surface area contributed by atoms with Crippen LogP contribution in [0.25, 0.3) is 0 Å². The van der Waals surface area contributed by atoms with E-state index in [-0.39, 0.29) is 5.69 Å². The molecule has 1 aromatic rings. The molecular formula is C10H11N3O4. The maximum absolute atomic E-state index is 10.7. The highest BCUT2D eigenvalue weighted by Crippen LogP contribution is 2.12. The minimum atomic E-state index is -0.642. The highest BCUT2D eigenvalue weighted by atomic mass is 16.6. The number of rotatable bonds is 4. The topological polar surface area (TPSA) is 105 Å². The first-order chi connectivity index (χ1) is 8.04. The van der Waals surface area contributed by atoms with Crippen LogP contribution in [0, 0.1) is 10.1 Å². The second-order valence-corrected chi connectivity index (χ2v) is 3.19. The third-order valence-electron chi connectivity index (χ3n) is 1.99. The molecule has 17 heavy (non-hydrogen) atoms. The number of carbonyl (C=O) groups is 1. The lowest BCUT2D eigenvalue weighted by Crippen LogP contribution is -2.22. The van der Waals surface area contributed by atoms with Crippen molar-refractivity contribution in [1.29, 1.82) is 0 Å². The summed E-state index contributed by atoms with van der Waals surface area (Å²) in [5, 5.41) is 22.6. The number of nitrogens with zero attached hydrogens (tertiary/aromatic N) is 2. The summed E-state index contributed by atoms with van der Waals surface area (Å²) < 4.78 is 0. The normalized spacial score (nSPS) is 11.1. The van der Waals surface area contributed by atoms with E-state index < -0.39 is 17.4 Å². The number of nitro groups is 1. The van der Waals surface area contributed by atoms with E-state index in [9.17, 15) is 14.9 Å². The SMILES string of the molecule is C/C(=N/NC(=O)CO)c1ccc([N+](=O)[O-])cc1. The molecule has 0 saturated heterocycles. The Morgan fingerprint density at radius 3 is 2.53 bits per heavy atom. The predicted molar refractivity (Wildman–Crippen MR) is 60.5 cm³/mol. The van der Waals surface area contributed by atoms with E-state index in [2.05, 4.69) is 10.5 Å². The van der Waals surface area contributed by atoms with Crippen LogP contribution in [0.4, 0.5) is 5.69 Å². The Hall–Kier alpha value is -2.28. The van der Waals surface area contributed by atoms with Gasteiger partial charge in [0.25, 0.3) is 11.6 Å². The quantitative estimate of drug-likeness (QED) is 0.450. The van der Waals surface area contributed by atoms with Gasteiger partial charge in [0.2, 0.25) is 0 Å². The van der Waals surface area contributed by atoms with Gasteiger partial charge in [-0.3, -0.25) is 14.9 Å². The molecule has 0 fully saturated rings. The minimum absolute atomic E-state index is 0.0130. The molecular weight excluding hydrogens is 226 g/mol. The number of hydrogen-bond acceptors (Lipinski definition) is 5. The third-order valence-corrected chi connectivity index (χ3v) is 1.99. The van der Waals surface area contributed by atoms with E-state index >= 15 is 0 Å². The smallest absolute Gasteiger partial charge is 0.269 e. The van der Waals surface area contributed by atoms with E-state index in [4.69, 9.17) is 5.11 Å². The van der Waals surface area contributed by atoms with Crippen LogP contribution in [0.1, 0.15) is 12.5 Å². The number of amides is 1. The van der Waals surface area contributed by atoms with Gasteiger partial charge < -0.3 is 5.11 Å². The Morgan fingerprint density at radius 1 is 1.47 bits per heavy atom. The summed E-state index contributed by atoms with van der Waals surface area (Å²) in [6.45, 7) is 0.996. The van der Waals surface area contributed by atoms with Crippen molar-refractivity contribution in [3.63, 3.8) is 0 Å². The van der Waals surface area contributed by atoms with Crippen LogP contribution in [0.15, 0.2) is 29.4 Å². The van der Waals surface area contributed by atoms with Gasteiger partial charge in [0.05, 0.1) is 10.6 Å². The maximum atomic E-state index is 10.7. The van der Waals surface area contributed by atoms with Gasteiger partial charge in [-0.1, -0.05) is 0 Å². The average molecular weight is 237 g/mol. The third kappa shape index (κ3) is 3.65. The number of carbonyl (C=O) groups excluding carboxylic acids is 1. The molecule has 0 bridgehead atoms. The number of nitro benzene ring substituents is 1. The zero-order chi connectivity index (χ0) is 12.8. The molecule has 0 heterocycles. The van der Waals surface area contributed by atoms with Gasteiger partial charge in [-0.15, -0.1) is 0 Å². The first-order valence-electron chi connectivity index (χ1n) is 4.73. The molecule has 0 unspecified atom stereocenters. The Morgan fingerprint density at radius 2 is 2.06 bits per heavy atom. The van der Waals surface area contributed by atoms with Crippen molar-refractivity contribution in [2.75, 3.05) is 6.61 Å². The summed E-state index contributed by atoms with van der Waals surface area (Å²) in [6, 6.07) is 5.76. The molecule has 0 aromatic heterocycles. The monoisotopic (exact) mass is 237 g/mol. The Balaban J connectivity index is 2.79. The predicted octanol–water partition coefficient (Wildman–Crippen LogP) is 0.427. The van der Waals surface area contributed by atoms with Crippen LogP contribution < -0.4 is 5.43 Å². The first-order valence-corrected chi connectivity index (χ1v) is 4.73. The van der Waals surface area contributed by atoms with Gasteiger partial charge in [0.15, 0.2) is 0 Å². The molecule has 0 aliphatic carbocycles. The number of non-ortho nitro benzene ring substituents is 1. The fourth-order valence-corrected chi connectivity index (χ4v) is 1.07. The zero-order valence-electron chi connectivity index (χ0n) is 9.08. The van der Waals surface area contributed by atoms with E-state index in [1.165, 1.54) is 24.3 Å². The zero-order valence-corrected chi connectivity index (χ0v) is 9.08. The summed E-state index contributed by atoms with van der Waals surface area (Å²) in [7, 11) is 0. The molecule has 2 N–H and O–H groups in total. The van der Waals surface area contributed by atoms with Crippen molar-refractivity contribution in [2.45, 2.75) is 6.92 Å². The van der Waals surface area contributed by atoms with E-state index in [1.807, 2.05) is 0 Å². The van der Waals surface area contributed by atoms with Gasteiger partial charge in [0.1, 0.15) is 6.61 Å². The van der Waals surface area contributed by atoms with Crippen LogP contribution in [0.5, 0.6) is 0 Å². The molecule has 0 saturated carbocycles. The fraction of sp³-hybridized carbons (Fsp3) is 0.200. The summed E-state index contributed by atoms with van der Waals surface area (Å²) in [6.07, 6.45) is 0. The molecule has 7 heteroatoms. The molecule has 0 aliphatic heterocycles. The second-order valence-electron chi connectivity index (χ2n) is 3.19. The molecule has 0 atom stereocenters. The van der Waals surface area contributed by atoms with Crippen LogP contribution >= 0.6 is 0 Å². The lowest BCUT2D eigenvalue weighted by atomic mass is 10.1. The standard InChI is InChI=1S/C10H11N3O4/c1-7(11-12-10(15)6-14)8-2-4-9(5-3-8)13(16)17/h2-5,14H,6H2,1H3,(H,12,15)/b11-7-. The number of hydrogen-bond donors (Lipinski definition) is 2. The largest absolute Gasteiger partial charge is 0.386 e. The average Bonchev–Trinajstić information content (AvgIpc) is 2.35. The highest BCUT2D eigenvalue weighted by molar-refractivity contribution is 5.99. The van der Waals surface area contributed by atoms with Crippen molar-refractivity contribution in [1.82, 2.24) is 5.43 Å². The number of benzene rings is 1. The van der Waals surface area contributed by atoms with Crippen molar-refractivity contribution >= 4 is 17.3 Å². The maximum Gasteiger partial charge on any atom is 0.269 e. The van der Waals surface area contributed by atoms with E-state index in [0.717, 1.165) is 0 Å². The molecule has 0 aliphatic rings. The highest BCUT2D eigenvalue weighted by Gasteiger charge is 2.05. The van der Waals surface area contributed by atoms with Crippen LogP contribution in [-0.4, -0.2) is 28.3 Å². The van der Waals surface area contributed by atoms with Crippen LogP contribution in [0.3, 0.4) is 0 Å². The van der Waals surface area contributed by atoms with Crippen molar-refractivity contribution < 1.29 is 14.8 Å². The minimum Gasteiger partial charge on any atom is -0.386 e. The van der Waals surface area contributed by atoms with Gasteiger partial charge in [-0.05, 0) is 24.6 Å². The van der Waals surface area contributed by atoms with E-state index in [0.29, 0.717) is 11.3 Å². The second kappa shape index (κ2) is 5.71. The molecule has 1 aromatic carbocycles. The molecule has 1 amide bonds. The lowest BCUT2D eigenvalue weighted by molar-refractivity contribution is -0.384. The van der Waals surface area contributed by atoms with Gasteiger partial charge in [-0.2, -0.15) is 5.10 Å². The molecule has 0 spiro atoms. The Bertz CT molecular complexity index is 453. The lowest BCUT2D eigenvalue weighted by Gasteiger charge is -2.01. The van der Waals surface area contributed by atoms with E-state index in [1.54, 1.807) is 6.92 Å². The van der Waals surface area contributed by atoms with Gasteiger partial charge in [0, 0.05) is 12.1 Å². The first kappa shape index (κ1) is 12.8. The molecule has 1 rings (SSSR count). The molecule has 90 valence electrons. The Kier molecular flexibility index (Phi) is 4.29. The number of nitrogens with one attached hydrogen (secondary N) is 1. The van der Waals surface area contributed by atoms with Crippen molar-refractivity contribution in [2.24, 2.45) is 5.10 Å².